The zero-order valence-electron chi connectivity index (χ0n) is 46.2. The van der Waals surface area contributed by atoms with Gasteiger partial charge in [-0.2, -0.15) is 0 Å². The molecule has 0 fully saturated rings. The minimum atomic E-state index is -0.354. The fraction of sp³-hybridized carbons (Fsp3) is 0.333. The number of phenolic OH excluding ortho intramolecular Hbond substituents is 2. The second-order valence-corrected chi connectivity index (χ2v) is 24.7. The van der Waals surface area contributed by atoms with Crippen molar-refractivity contribution in [1.29, 1.82) is 0 Å². The summed E-state index contributed by atoms with van der Waals surface area (Å²) in [5, 5.41) is 33.3. The van der Waals surface area contributed by atoms with Crippen molar-refractivity contribution in [3.8, 4) is 23.0 Å². The normalized spacial score (nSPS) is 13.1. The van der Waals surface area contributed by atoms with Gasteiger partial charge in [0, 0.05) is 36.5 Å². The number of pyridine rings is 2. The van der Waals surface area contributed by atoms with E-state index < -0.39 is 0 Å². The lowest BCUT2D eigenvalue weighted by molar-refractivity contribution is -0.118. The Morgan fingerprint density at radius 3 is 1.00 bits per heavy atom. The summed E-state index contributed by atoms with van der Waals surface area (Å²) in [6, 6.07) is 36.2. The van der Waals surface area contributed by atoms with Gasteiger partial charge in [-0.15, -0.1) is 0 Å². The van der Waals surface area contributed by atoms with Crippen LogP contribution in [0.15, 0.2) is 122 Å². The first-order chi connectivity index (χ1) is 35.8. The lowest BCUT2D eigenvalue weighted by Gasteiger charge is -2.28. The summed E-state index contributed by atoms with van der Waals surface area (Å²) in [6.45, 7) is 25.4. The molecule has 6 aromatic carbocycles. The van der Waals surface area contributed by atoms with Gasteiger partial charge in [-0.1, -0.05) is 168 Å². The van der Waals surface area contributed by atoms with Crippen LogP contribution in [0, 0.1) is 0 Å². The summed E-state index contributed by atoms with van der Waals surface area (Å²) < 4.78 is 13.5. The number of carbonyl (C=O) groups is 2. The summed E-state index contributed by atoms with van der Waals surface area (Å²) in [6.07, 6.45) is 4.37. The van der Waals surface area contributed by atoms with Crippen LogP contribution in [-0.2, 0) is 56.9 Å². The molecule has 9 rings (SSSR count). The molecule has 2 heterocycles. The highest BCUT2D eigenvalue weighted by Crippen LogP contribution is 2.44. The van der Waals surface area contributed by atoms with Gasteiger partial charge < -0.3 is 30.3 Å². The average molecular weight is 1020 g/mol. The van der Waals surface area contributed by atoms with Crippen molar-refractivity contribution < 1.29 is 29.3 Å². The topological polar surface area (TPSA) is 143 Å². The first-order valence-electron chi connectivity index (χ1n) is 26.3. The van der Waals surface area contributed by atoms with Gasteiger partial charge in [-0.25, -0.2) is 0 Å². The summed E-state index contributed by atoms with van der Waals surface area (Å²) in [7, 11) is 0. The SMILES string of the molecule is CC(C)(C)c1cc2c(O)c(c1)Cc1cc(C(C)(C)C)cc(c1OCC(=O)Nc1cnc3ccccc3c1)Cc1cc(C(C)(C)C)cc(c1O)Cc1cc(C(C)(C)C)cc(c1OCC(=O)Nc1cnc3ccccc3c1)C2. The molecule has 10 heteroatoms. The van der Waals surface area contributed by atoms with Crippen molar-refractivity contribution >= 4 is 45.0 Å². The fourth-order valence-electron chi connectivity index (χ4n) is 9.97. The Morgan fingerprint density at radius 2 is 0.711 bits per heavy atom. The van der Waals surface area contributed by atoms with E-state index in [2.05, 4.69) is 152 Å². The number of anilines is 2. The molecule has 0 spiro atoms. The molecule has 0 radical (unpaired) electrons. The van der Waals surface area contributed by atoms with Gasteiger partial charge >= 0.3 is 0 Å². The molecule has 0 saturated heterocycles. The predicted octanol–water partition coefficient (Wildman–Crippen LogP) is 14.1. The Hall–Kier alpha value is -7.72. The van der Waals surface area contributed by atoms with Crippen LogP contribution in [-0.4, -0.2) is 45.2 Å². The van der Waals surface area contributed by atoms with E-state index in [1.54, 1.807) is 12.4 Å². The molecule has 2 aromatic heterocycles. The number of ether oxygens (including phenoxy) is 2. The third-order valence-corrected chi connectivity index (χ3v) is 14.5. The van der Waals surface area contributed by atoms with Crippen molar-refractivity contribution in [2.75, 3.05) is 23.8 Å². The van der Waals surface area contributed by atoms with E-state index in [-0.39, 0.29) is 83.9 Å². The Morgan fingerprint density at radius 1 is 0.434 bits per heavy atom. The Bertz CT molecular complexity index is 3220. The molecule has 10 nitrogen and oxygen atoms in total. The first kappa shape index (κ1) is 53.1. The number of aromatic hydroxyl groups is 2. The van der Waals surface area contributed by atoms with Crippen LogP contribution < -0.4 is 20.1 Å². The van der Waals surface area contributed by atoms with Crippen LogP contribution >= 0.6 is 0 Å². The van der Waals surface area contributed by atoms with E-state index in [0.29, 0.717) is 45.1 Å². The molecule has 0 atom stereocenters. The van der Waals surface area contributed by atoms with Crippen LogP contribution in [0.4, 0.5) is 11.4 Å². The van der Waals surface area contributed by atoms with E-state index >= 15 is 0 Å². The molecule has 0 aliphatic heterocycles. The van der Waals surface area contributed by atoms with E-state index in [1.807, 2.05) is 60.7 Å². The summed E-state index contributed by atoms with van der Waals surface area (Å²) in [5.74, 6) is 0.612. The number of hydrogen-bond acceptors (Lipinski definition) is 8. The van der Waals surface area contributed by atoms with Gasteiger partial charge in [0.1, 0.15) is 23.0 Å². The zero-order chi connectivity index (χ0) is 54.5. The molecule has 0 unspecified atom stereocenters. The lowest BCUT2D eigenvalue weighted by Crippen LogP contribution is -2.22. The van der Waals surface area contributed by atoms with Gasteiger partial charge in [-0.3, -0.25) is 19.6 Å². The lowest BCUT2D eigenvalue weighted by atomic mass is 9.79. The van der Waals surface area contributed by atoms with E-state index in [4.69, 9.17) is 9.47 Å². The number of carbonyl (C=O) groups excluding carboxylic acids is 2. The number of rotatable bonds is 8. The fourth-order valence-corrected chi connectivity index (χ4v) is 9.97. The Kier molecular flexibility index (Phi) is 14.3. The predicted molar refractivity (Wildman–Crippen MR) is 307 cm³/mol. The number of aromatic nitrogens is 2. The quantitative estimate of drug-likeness (QED) is 0.118. The maximum absolute atomic E-state index is 13.9. The number of hydrogen-bond donors (Lipinski definition) is 4. The number of amides is 2. The monoisotopic (exact) mass is 1020 g/mol. The van der Waals surface area contributed by atoms with Crippen LogP contribution in [0.1, 0.15) is 150 Å². The number of fused-ring (bicyclic) bond motifs is 10. The minimum absolute atomic E-state index is 0.142. The molecule has 8 aromatic rings. The molecule has 4 N–H and O–H groups in total. The van der Waals surface area contributed by atoms with Crippen molar-refractivity contribution in [2.45, 2.75) is 130 Å². The number of nitrogens with zero attached hydrogens (tertiary/aromatic N) is 2. The summed E-state index contributed by atoms with van der Waals surface area (Å²) in [4.78, 5) is 37.0. The number of benzene rings is 6. The maximum atomic E-state index is 13.9. The standard InChI is InChI=1S/C66H72N4O6/c1-63(2,3)49-25-41-21-45-29-51(65(7,8)9)31-47(61(45)75-37-57(71)69-53-33-39-17-13-15-19-55(39)67-35-53)23-43-27-50(64(4,5)6)28-44(60(43)74)24-48-32-52(66(10,11)12)30-46(22-42(26-49)59(41)73)62(48)76-38-58(72)70-54-34-40-18-14-16-20-56(40)68-36-54/h13-20,25-36,73-74H,21-24,37-38H2,1-12H3,(H,69,71)(H,70,72). The highest BCUT2D eigenvalue weighted by molar-refractivity contribution is 5.95. The number of phenols is 2. The second-order valence-electron chi connectivity index (χ2n) is 24.7. The highest BCUT2D eigenvalue weighted by atomic mass is 16.5. The smallest absolute Gasteiger partial charge is 0.262 e. The Balaban J connectivity index is 1.21. The van der Waals surface area contributed by atoms with Crippen LogP contribution in [0.5, 0.6) is 23.0 Å². The van der Waals surface area contributed by atoms with E-state index in [1.165, 1.54) is 0 Å². The molecule has 1 aliphatic carbocycles. The van der Waals surface area contributed by atoms with Crippen molar-refractivity contribution in [3.05, 3.63) is 188 Å². The molecule has 0 saturated carbocycles. The molecule has 392 valence electrons. The van der Waals surface area contributed by atoms with Gasteiger partial charge in [0.05, 0.1) is 34.8 Å². The third-order valence-electron chi connectivity index (χ3n) is 14.5. The number of nitrogens with one attached hydrogen (secondary N) is 2. The zero-order valence-corrected chi connectivity index (χ0v) is 46.2. The van der Waals surface area contributed by atoms with Gasteiger partial charge in [0.15, 0.2) is 13.2 Å². The van der Waals surface area contributed by atoms with Gasteiger partial charge in [0.25, 0.3) is 11.8 Å². The second kappa shape index (κ2) is 20.4. The van der Waals surface area contributed by atoms with Crippen molar-refractivity contribution in [2.24, 2.45) is 0 Å². The third kappa shape index (κ3) is 11.9. The van der Waals surface area contributed by atoms with Crippen LogP contribution in [0.3, 0.4) is 0 Å². The van der Waals surface area contributed by atoms with Crippen molar-refractivity contribution in [1.82, 2.24) is 9.97 Å². The first-order valence-corrected chi connectivity index (χ1v) is 26.3. The average Bonchev–Trinajstić information content (AvgIpc) is 3.34. The molecular weight excluding hydrogens is 945 g/mol. The van der Waals surface area contributed by atoms with Crippen LogP contribution in [0.25, 0.3) is 21.8 Å². The Labute approximate surface area is 448 Å². The highest BCUT2D eigenvalue weighted by Gasteiger charge is 2.29. The van der Waals surface area contributed by atoms with Crippen LogP contribution in [0.2, 0.25) is 0 Å². The minimum Gasteiger partial charge on any atom is -0.507 e. The maximum Gasteiger partial charge on any atom is 0.262 e. The largest absolute Gasteiger partial charge is 0.507 e. The molecule has 76 heavy (non-hydrogen) atoms. The van der Waals surface area contributed by atoms with E-state index in [9.17, 15) is 19.8 Å². The van der Waals surface area contributed by atoms with Gasteiger partial charge in [0.2, 0.25) is 0 Å². The summed E-state index contributed by atoms with van der Waals surface area (Å²) in [5.41, 5.74) is 11.6. The van der Waals surface area contributed by atoms with Crippen molar-refractivity contribution in [3.63, 3.8) is 0 Å². The molecular formula is C66H72N4O6. The molecule has 2 amide bonds. The van der Waals surface area contributed by atoms with E-state index in [0.717, 1.165) is 66.3 Å². The van der Waals surface area contributed by atoms with Gasteiger partial charge in [-0.05, 0) is 113 Å². The number of para-hydroxylation sites is 2. The molecule has 1 aliphatic rings. The summed E-state index contributed by atoms with van der Waals surface area (Å²) >= 11 is 0. The molecule has 8 bridgehead atoms.